The number of nitrogens with zero attached hydrogens (tertiary/aromatic N) is 1. The average Bonchev–Trinajstić information content (AvgIpc) is 0.810. The lowest BCUT2D eigenvalue weighted by molar-refractivity contribution is 0.582. The van der Waals surface area contributed by atoms with Gasteiger partial charge in [-0.1, -0.05) is 262 Å². The van der Waals surface area contributed by atoms with E-state index < -0.39 is 29.5 Å². The lowest BCUT2D eigenvalue weighted by atomic mass is 10.1. The molecule has 100 heavy (non-hydrogen) atoms. The molecular formula is C90H93NO6S3. The topological polar surface area (TPSA) is 106 Å². The van der Waals surface area contributed by atoms with Gasteiger partial charge in [0.1, 0.15) is 0 Å². The molecule has 9 aromatic rings. The van der Waals surface area contributed by atoms with Crippen molar-refractivity contribution in [1.29, 1.82) is 0 Å². The Balaban J connectivity index is 0.851. The van der Waals surface area contributed by atoms with Crippen LogP contribution in [-0.4, -0.2) is 42.5 Å². The van der Waals surface area contributed by atoms with E-state index in [9.17, 15) is 25.3 Å². The Morgan fingerprint density at radius 1 is 0.230 bits per heavy atom. The van der Waals surface area contributed by atoms with Crippen molar-refractivity contribution in [3.8, 4) is 35.5 Å². The molecule has 10 heteroatoms. The van der Waals surface area contributed by atoms with Gasteiger partial charge in [0.2, 0.25) is 0 Å². The Morgan fingerprint density at radius 2 is 0.400 bits per heavy atom. The van der Waals surface area contributed by atoms with Crippen molar-refractivity contribution in [2.24, 2.45) is 0 Å². The van der Waals surface area contributed by atoms with E-state index in [1.165, 1.54) is 38.5 Å². The first kappa shape index (κ1) is 74.7. The van der Waals surface area contributed by atoms with Gasteiger partial charge in [-0.15, -0.1) is 0 Å². The first-order valence-corrected chi connectivity index (χ1v) is 40.6. The molecule has 0 bridgehead atoms. The predicted molar refractivity (Wildman–Crippen MR) is 421 cm³/mol. The molecule has 7 nitrogen and oxygen atoms in total. The summed E-state index contributed by atoms with van der Waals surface area (Å²) in [4.78, 5) is 3.32. The van der Waals surface area contributed by atoms with E-state index in [4.69, 9.17) is 0 Å². The van der Waals surface area contributed by atoms with Crippen molar-refractivity contribution in [3.05, 3.63) is 285 Å². The van der Waals surface area contributed by atoms with E-state index in [0.717, 1.165) is 142 Å². The molecule has 0 aliphatic rings. The maximum absolute atomic E-state index is 13.0. The Bertz CT molecular complexity index is 4210. The van der Waals surface area contributed by atoms with Gasteiger partial charge in [-0.25, -0.2) is 25.3 Å². The van der Waals surface area contributed by atoms with Gasteiger partial charge >= 0.3 is 0 Å². The first-order valence-electron chi connectivity index (χ1n) is 35.6. The standard InChI is InChI=1S/C90H93NO6S3/c1-4-7-10-13-16-19-70-98(92,93)88-64-52-82(53-65-88)43-37-76-28-22-73(23-29-76)34-40-79-46-58-85(59-47-79)91(86-60-48-80(49-61-86)41-35-74-24-30-77(31-25-74)38-44-83-54-66-89(67-55-83)99(94,95)71-20-17-14-11-8-5-2)87-62-50-81(51-63-87)42-36-75-26-32-78(33-27-75)39-45-84-56-68-90(69-57-84)100(96,97)72-21-18-15-12-9-6-3/h22-33,37-39,43-69H,4-21,70-72H2,1-3H3/b43-37+,44-38+,45-39+. The van der Waals surface area contributed by atoms with Gasteiger partial charge in [0.05, 0.1) is 31.9 Å². The average molecular weight is 1380 g/mol. The van der Waals surface area contributed by atoms with Crippen LogP contribution in [-0.2, 0) is 29.5 Å². The van der Waals surface area contributed by atoms with Gasteiger partial charge in [0.15, 0.2) is 29.5 Å². The fourth-order valence-corrected chi connectivity index (χ4v) is 15.6. The maximum atomic E-state index is 13.0. The first-order chi connectivity index (χ1) is 48.6. The number of hydrogen-bond acceptors (Lipinski definition) is 7. The van der Waals surface area contributed by atoms with Crippen molar-refractivity contribution in [2.75, 3.05) is 22.2 Å². The minimum Gasteiger partial charge on any atom is -0.311 e. The normalized spacial score (nSPS) is 11.7. The van der Waals surface area contributed by atoms with Gasteiger partial charge in [0.25, 0.3) is 0 Å². The smallest absolute Gasteiger partial charge is 0.178 e. The summed E-state index contributed by atoms with van der Waals surface area (Å²) in [5.74, 6) is 20.6. The second-order valence-corrected chi connectivity index (χ2v) is 31.9. The maximum Gasteiger partial charge on any atom is 0.178 e. The molecule has 0 aliphatic heterocycles. The zero-order chi connectivity index (χ0) is 70.3. The number of hydrogen-bond donors (Lipinski definition) is 0. The van der Waals surface area contributed by atoms with Crippen LogP contribution >= 0.6 is 0 Å². The lowest BCUT2D eigenvalue weighted by Gasteiger charge is -2.25. The molecule has 0 N–H and O–H groups in total. The lowest BCUT2D eigenvalue weighted by Crippen LogP contribution is -2.09. The van der Waals surface area contributed by atoms with E-state index >= 15 is 0 Å². The number of unbranched alkanes of at least 4 members (excludes halogenated alkanes) is 15. The number of anilines is 3. The fraction of sp³-hybridized carbons (Fsp3) is 0.267. The Kier molecular flexibility index (Phi) is 29.0. The second kappa shape index (κ2) is 38.8. The van der Waals surface area contributed by atoms with Crippen LogP contribution in [0.4, 0.5) is 17.1 Å². The molecule has 0 amide bonds. The molecule has 0 aromatic heterocycles. The molecule has 9 rings (SSSR count). The minimum atomic E-state index is -3.30. The van der Waals surface area contributed by atoms with Crippen molar-refractivity contribution < 1.29 is 25.3 Å². The Hall–Kier alpha value is -9.47. The number of benzene rings is 9. The van der Waals surface area contributed by atoms with Crippen molar-refractivity contribution >= 4 is 83.0 Å². The molecule has 0 spiro atoms. The summed E-state index contributed by atoms with van der Waals surface area (Å²) in [5.41, 5.74) is 13.9. The SMILES string of the molecule is CCCCCCCCS(=O)(=O)c1ccc(/C=C/c2ccc(C#Cc3ccc(N(c4ccc(C#Cc5ccc(/C=C/c6ccc(S(=O)(=O)CCCCCCCC)cc6)cc5)cc4)c4ccc(C#Cc5ccc(/C=C/c6ccc(S(=O)(=O)CCCCCCCC)cc6)cc5)cc4)cc3)cc2)cc1. The van der Waals surface area contributed by atoms with Gasteiger partial charge in [-0.05, 0) is 198 Å². The zero-order valence-corrected chi connectivity index (χ0v) is 60.7. The largest absolute Gasteiger partial charge is 0.311 e. The highest BCUT2D eigenvalue weighted by Crippen LogP contribution is 2.35. The summed E-state index contributed by atoms with van der Waals surface area (Å²) < 4.78 is 77.7. The zero-order valence-electron chi connectivity index (χ0n) is 58.2. The highest BCUT2D eigenvalue weighted by Gasteiger charge is 2.17. The van der Waals surface area contributed by atoms with Crippen LogP contribution in [0, 0.1) is 35.5 Å². The van der Waals surface area contributed by atoms with E-state index in [1.54, 1.807) is 36.4 Å². The third-order valence-electron chi connectivity index (χ3n) is 17.6. The molecule has 0 fully saturated rings. The summed E-state index contributed by atoms with van der Waals surface area (Å²) >= 11 is 0. The summed E-state index contributed by atoms with van der Waals surface area (Å²) in [6.07, 6.45) is 30.8. The molecule has 0 atom stereocenters. The third kappa shape index (κ3) is 24.2. The predicted octanol–water partition coefficient (Wildman–Crippen LogP) is 22.3. The molecule has 0 aliphatic carbocycles. The summed E-state index contributed by atoms with van der Waals surface area (Å²) in [5, 5.41) is 0. The molecule has 0 saturated heterocycles. The van der Waals surface area contributed by atoms with Gasteiger partial charge < -0.3 is 4.90 Å². The van der Waals surface area contributed by atoms with E-state index in [0.29, 0.717) is 33.9 Å². The molecular weight excluding hydrogens is 1290 g/mol. The summed E-state index contributed by atoms with van der Waals surface area (Å²) in [6, 6.07) is 70.3. The Morgan fingerprint density at radius 3 is 0.600 bits per heavy atom. The van der Waals surface area contributed by atoms with Crippen LogP contribution in [0.25, 0.3) is 36.5 Å². The molecule has 9 aromatic carbocycles. The highest BCUT2D eigenvalue weighted by molar-refractivity contribution is 7.92. The van der Waals surface area contributed by atoms with Crippen molar-refractivity contribution in [1.82, 2.24) is 0 Å². The minimum absolute atomic E-state index is 0.185. The summed E-state index contributed by atoms with van der Waals surface area (Å²) in [6.45, 7) is 6.54. The van der Waals surface area contributed by atoms with Crippen molar-refractivity contribution in [3.63, 3.8) is 0 Å². The van der Waals surface area contributed by atoms with E-state index in [-0.39, 0.29) is 17.3 Å². The van der Waals surface area contributed by atoms with Crippen LogP contribution in [0.5, 0.6) is 0 Å². The van der Waals surface area contributed by atoms with Crippen molar-refractivity contribution in [2.45, 2.75) is 151 Å². The Labute approximate surface area is 598 Å². The van der Waals surface area contributed by atoms with Crippen LogP contribution in [0.1, 0.15) is 203 Å². The van der Waals surface area contributed by atoms with Gasteiger partial charge in [-0.2, -0.15) is 0 Å². The van der Waals surface area contributed by atoms with Gasteiger partial charge in [-0.3, -0.25) is 0 Å². The molecule has 0 radical (unpaired) electrons. The summed E-state index contributed by atoms with van der Waals surface area (Å²) in [7, 11) is -9.91. The molecule has 0 saturated carbocycles. The van der Waals surface area contributed by atoms with Crippen LogP contribution in [0.2, 0.25) is 0 Å². The highest BCUT2D eigenvalue weighted by atomic mass is 32.2. The van der Waals surface area contributed by atoms with Crippen LogP contribution in [0.15, 0.2) is 233 Å². The third-order valence-corrected chi connectivity index (χ3v) is 23.0. The molecule has 0 heterocycles. The number of rotatable bonds is 33. The monoisotopic (exact) mass is 1380 g/mol. The van der Waals surface area contributed by atoms with Crippen LogP contribution < -0.4 is 4.90 Å². The van der Waals surface area contributed by atoms with Crippen LogP contribution in [0.3, 0.4) is 0 Å². The molecule has 512 valence electrons. The molecule has 0 unspecified atom stereocenters. The quantitative estimate of drug-likeness (QED) is 0.0229. The van der Waals surface area contributed by atoms with Gasteiger partial charge in [0, 0.05) is 50.4 Å². The fourth-order valence-electron chi connectivity index (χ4n) is 11.5. The van der Waals surface area contributed by atoms with E-state index in [1.807, 2.05) is 182 Å². The number of sulfone groups is 3. The second-order valence-electron chi connectivity index (χ2n) is 25.6. The van der Waals surface area contributed by atoms with E-state index in [2.05, 4.69) is 97.6 Å².